The number of ketones is 1. The summed E-state index contributed by atoms with van der Waals surface area (Å²) in [7, 11) is -3.88. The van der Waals surface area contributed by atoms with Gasteiger partial charge in [0.05, 0.1) is 28.7 Å². The number of carbonyl (C=O) groups excluding carboxylic acids is 2. The maximum absolute atomic E-state index is 13.5. The second-order valence-corrected chi connectivity index (χ2v) is 10.9. The van der Waals surface area contributed by atoms with E-state index in [0.29, 0.717) is 29.4 Å². The molecule has 1 unspecified atom stereocenters. The second-order valence-electron chi connectivity index (χ2n) is 8.57. The highest BCUT2D eigenvalue weighted by Crippen LogP contribution is 2.35. The molecule has 0 radical (unpaired) electrons. The molecule has 35 heavy (non-hydrogen) atoms. The molecule has 1 saturated heterocycles. The smallest absolute Gasteiger partial charge is 0.299 e. The molecule has 0 aromatic heterocycles. The van der Waals surface area contributed by atoms with Crippen LogP contribution in [0.4, 0.5) is 5.69 Å². The molecule has 0 N–H and O–H groups in total. The predicted octanol–water partition coefficient (Wildman–Crippen LogP) is 4.30. The van der Waals surface area contributed by atoms with Crippen molar-refractivity contribution in [2.75, 3.05) is 18.1 Å². The van der Waals surface area contributed by atoms with Gasteiger partial charge in [-0.3, -0.25) is 9.59 Å². The van der Waals surface area contributed by atoms with E-state index in [9.17, 15) is 18.0 Å². The van der Waals surface area contributed by atoms with E-state index >= 15 is 0 Å². The van der Waals surface area contributed by atoms with Gasteiger partial charge in [0.1, 0.15) is 12.4 Å². The lowest BCUT2D eigenvalue weighted by Gasteiger charge is -2.24. The number of Topliss-reactive ketones (excluding diaryl/α,β-unsaturated/α-hetero) is 1. The van der Waals surface area contributed by atoms with E-state index in [0.717, 1.165) is 12.0 Å². The zero-order valence-corrected chi connectivity index (χ0v) is 20.3. The van der Waals surface area contributed by atoms with Crippen molar-refractivity contribution in [1.82, 2.24) is 4.31 Å². The van der Waals surface area contributed by atoms with Gasteiger partial charge in [0.2, 0.25) is 10.0 Å². The quantitative estimate of drug-likeness (QED) is 0.442. The van der Waals surface area contributed by atoms with Gasteiger partial charge in [0.15, 0.2) is 0 Å². The molecule has 180 valence electrons. The summed E-state index contributed by atoms with van der Waals surface area (Å²) < 4.78 is 34.2. The van der Waals surface area contributed by atoms with Crippen molar-refractivity contribution >= 4 is 39.0 Å². The number of rotatable bonds is 7. The van der Waals surface area contributed by atoms with Gasteiger partial charge in [-0.15, -0.1) is 0 Å². The molecule has 1 fully saturated rings. The Morgan fingerprint density at radius 2 is 1.77 bits per heavy atom. The Labute approximate surface area is 208 Å². The second kappa shape index (κ2) is 9.45. The van der Waals surface area contributed by atoms with Crippen LogP contribution in [0, 0.1) is 0 Å². The van der Waals surface area contributed by atoms with Gasteiger partial charge in [-0.05, 0) is 60.9 Å². The van der Waals surface area contributed by atoms with Crippen molar-refractivity contribution in [2.24, 2.45) is 0 Å². The minimum atomic E-state index is -3.88. The number of nitrogens with zero attached hydrogens (tertiary/aromatic N) is 2. The van der Waals surface area contributed by atoms with E-state index in [4.69, 9.17) is 16.3 Å². The third kappa shape index (κ3) is 4.57. The van der Waals surface area contributed by atoms with Gasteiger partial charge >= 0.3 is 0 Å². The SMILES string of the molecule is O=C1C(=O)N(Cc2cccc(Cl)c2)c2ccc(S(=O)(=O)N3CCCC3COc3ccccc3)cc21. The summed E-state index contributed by atoms with van der Waals surface area (Å²) >= 11 is 6.05. The monoisotopic (exact) mass is 510 g/mol. The van der Waals surface area contributed by atoms with Crippen LogP contribution in [0.5, 0.6) is 5.75 Å². The van der Waals surface area contributed by atoms with Crippen LogP contribution in [0.2, 0.25) is 5.02 Å². The third-order valence-electron chi connectivity index (χ3n) is 6.29. The van der Waals surface area contributed by atoms with E-state index in [2.05, 4.69) is 0 Å². The maximum Gasteiger partial charge on any atom is 0.299 e. The third-order valence-corrected chi connectivity index (χ3v) is 8.47. The molecule has 1 amide bonds. The van der Waals surface area contributed by atoms with Crippen LogP contribution in [-0.4, -0.2) is 43.6 Å². The lowest BCUT2D eigenvalue weighted by atomic mass is 10.1. The summed E-state index contributed by atoms with van der Waals surface area (Å²) in [6, 6.07) is 20.3. The topological polar surface area (TPSA) is 84.0 Å². The van der Waals surface area contributed by atoms with E-state index in [1.165, 1.54) is 27.4 Å². The van der Waals surface area contributed by atoms with Crippen LogP contribution in [0.3, 0.4) is 0 Å². The van der Waals surface area contributed by atoms with Gasteiger partial charge in [0.25, 0.3) is 11.7 Å². The number of halogens is 1. The van der Waals surface area contributed by atoms with Crippen molar-refractivity contribution in [3.05, 3.63) is 88.9 Å². The summed E-state index contributed by atoms with van der Waals surface area (Å²) in [5, 5.41) is 0.526. The zero-order chi connectivity index (χ0) is 24.6. The number of anilines is 1. The van der Waals surface area contributed by atoms with E-state index in [1.54, 1.807) is 18.2 Å². The number of hydrogen-bond donors (Lipinski definition) is 0. The Morgan fingerprint density at radius 1 is 0.971 bits per heavy atom. The standard InChI is InChI=1S/C26H23ClN2O5S/c27-19-7-4-6-18(14-19)16-28-24-12-11-22(15-23(24)25(30)26(28)31)35(32,33)29-13-5-8-20(29)17-34-21-9-2-1-3-10-21/h1-4,6-7,9-12,14-15,20H,5,8,13,16-17H2. The Morgan fingerprint density at radius 3 is 2.54 bits per heavy atom. The highest BCUT2D eigenvalue weighted by atomic mass is 35.5. The van der Waals surface area contributed by atoms with Crippen LogP contribution < -0.4 is 9.64 Å². The minimum absolute atomic E-state index is 0.00591. The number of amides is 1. The van der Waals surface area contributed by atoms with E-state index < -0.39 is 21.7 Å². The van der Waals surface area contributed by atoms with Crippen LogP contribution in [0.1, 0.15) is 28.8 Å². The number of para-hydroxylation sites is 1. The first kappa shape index (κ1) is 23.5. The fourth-order valence-electron chi connectivity index (χ4n) is 4.55. The van der Waals surface area contributed by atoms with Gasteiger partial charge in [-0.1, -0.05) is 41.9 Å². The predicted molar refractivity (Wildman–Crippen MR) is 132 cm³/mol. The molecule has 2 heterocycles. The summed E-state index contributed by atoms with van der Waals surface area (Å²) in [5.74, 6) is -0.729. The molecule has 3 aromatic rings. The Bertz CT molecular complexity index is 1390. The van der Waals surface area contributed by atoms with Gasteiger partial charge < -0.3 is 9.64 Å². The molecule has 3 aromatic carbocycles. The van der Waals surface area contributed by atoms with Gasteiger partial charge in [-0.25, -0.2) is 8.42 Å². The van der Waals surface area contributed by atoms with Crippen LogP contribution in [0.15, 0.2) is 77.7 Å². The number of sulfonamides is 1. The molecular formula is C26H23ClN2O5S. The van der Waals surface area contributed by atoms with Crippen molar-refractivity contribution < 1.29 is 22.7 Å². The molecule has 1 atom stereocenters. The molecule has 0 saturated carbocycles. The first-order chi connectivity index (χ1) is 16.8. The van der Waals surface area contributed by atoms with Crippen LogP contribution in [0.25, 0.3) is 0 Å². The lowest BCUT2D eigenvalue weighted by Crippen LogP contribution is -2.39. The average Bonchev–Trinajstić information content (AvgIpc) is 3.43. The lowest BCUT2D eigenvalue weighted by molar-refractivity contribution is -0.114. The van der Waals surface area contributed by atoms with Crippen molar-refractivity contribution in [3.8, 4) is 5.75 Å². The Balaban J connectivity index is 1.38. The first-order valence-corrected chi connectivity index (χ1v) is 13.1. The number of fused-ring (bicyclic) bond motifs is 1. The minimum Gasteiger partial charge on any atom is -0.492 e. The fourth-order valence-corrected chi connectivity index (χ4v) is 6.47. The average molecular weight is 511 g/mol. The molecule has 2 aliphatic heterocycles. The van der Waals surface area contributed by atoms with E-state index in [1.807, 2.05) is 36.4 Å². The molecule has 0 bridgehead atoms. The first-order valence-electron chi connectivity index (χ1n) is 11.3. The van der Waals surface area contributed by atoms with Crippen LogP contribution >= 0.6 is 11.6 Å². The molecule has 0 aliphatic carbocycles. The summed E-state index contributed by atoms with van der Waals surface area (Å²) in [5.41, 5.74) is 1.25. The molecular weight excluding hydrogens is 488 g/mol. The number of ether oxygens (including phenoxy) is 1. The number of hydrogen-bond acceptors (Lipinski definition) is 5. The fraction of sp³-hybridized carbons (Fsp3) is 0.231. The Kier molecular flexibility index (Phi) is 6.35. The number of benzene rings is 3. The molecule has 7 nitrogen and oxygen atoms in total. The van der Waals surface area contributed by atoms with Crippen molar-refractivity contribution in [2.45, 2.75) is 30.3 Å². The van der Waals surface area contributed by atoms with Crippen molar-refractivity contribution in [1.29, 1.82) is 0 Å². The maximum atomic E-state index is 13.5. The summed E-state index contributed by atoms with van der Waals surface area (Å²) in [4.78, 5) is 26.8. The molecule has 2 aliphatic rings. The van der Waals surface area contributed by atoms with Gasteiger partial charge in [-0.2, -0.15) is 4.31 Å². The summed E-state index contributed by atoms with van der Waals surface area (Å²) in [6.45, 7) is 0.768. The highest BCUT2D eigenvalue weighted by molar-refractivity contribution is 7.89. The summed E-state index contributed by atoms with van der Waals surface area (Å²) in [6.07, 6.45) is 1.40. The largest absolute Gasteiger partial charge is 0.492 e. The zero-order valence-electron chi connectivity index (χ0n) is 18.8. The normalized spacial score (nSPS) is 18.2. The molecule has 5 rings (SSSR count). The van der Waals surface area contributed by atoms with Crippen molar-refractivity contribution in [3.63, 3.8) is 0 Å². The van der Waals surface area contributed by atoms with Crippen LogP contribution in [-0.2, 0) is 21.4 Å². The molecule has 9 heteroatoms. The Hall–Kier alpha value is -3.20. The number of carbonyl (C=O) groups is 2. The molecule has 0 spiro atoms. The van der Waals surface area contributed by atoms with E-state index in [-0.39, 0.29) is 29.7 Å². The van der Waals surface area contributed by atoms with Gasteiger partial charge in [0, 0.05) is 11.6 Å². The highest BCUT2D eigenvalue weighted by Gasteiger charge is 2.40.